The molecule has 1 fully saturated rings. The molecule has 1 aliphatic carbocycles. The van der Waals surface area contributed by atoms with Crippen molar-refractivity contribution in [1.29, 1.82) is 0 Å². The Bertz CT molecular complexity index is 754. The molecular weight excluding hydrogens is 371 g/mol. The smallest absolute Gasteiger partial charge is 0.233 e. The molecule has 140 valence electrons. The van der Waals surface area contributed by atoms with Crippen LogP contribution in [0.3, 0.4) is 0 Å². The van der Waals surface area contributed by atoms with E-state index in [-0.39, 0.29) is 23.0 Å². The monoisotopic (exact) mass is 394 g/mol. The van der Waals surface area contributed by atoms with Crippen molar-refractivity contribution in [3.05, 3.63) is 30.1 Å². The van der Waals surface area contributed by atoms with Crippen molar-refractivity contribution in [1.82, 2.24) is 15.5 Å². The summed E-state index contributed by atoms with van der Waals surface area (Å²) in [4.78, 5) is 12.5. The van der Waals surface area contributed by atoms with Gasteiger partial charge >= 0.3 is 0 Å². The van der Waals surface area contributed by atoms with Crippen LogP contribution in [0.5, 0.6) is 0 Å². The van der Waals surface area contributed by atoms with Gasteiger partial charge in [0.2, 0.25) is 11.0 Å². The van der Waals surface area contributed by atoms with Gasteiger partial charge in [0.25, 0.3) is 0 Å². The molecule has 3 atom stereocenters. The number of carbonyl (C=O) groups is 1. The molecule has 1 aromatic carbocycles. The first-order valence-electron chi connectivity index (χ1n) is 8.84. The minimum atomic E-state index is -0.309. The van der Waals surface area contributed by atoms with Crippen LogP contribution in [-0.4, -0.2) is 27.4 Å². The molecule has 0 aliphatic heterocycles. The van der Waals surface area contributed by atoms with Gasteiger partial charge in [-0.05, 0) is 43.9 Å². The largest absolute Gasteiger partial charge is 0.352 e. The Morgan fingerprint density at radius 3 is 2.92 bits per heavy atom. The van der Waals surface area contributed by atoms with Gasteiger partial charge in [-0.1, -0.05) is 48.9 Å². The van der Waals surface area contributed by atoms with E-state index in [4.69, 9.17) is 0 Å². The summed E-state index contributed by atoms with van der Waals surface area (Å²) in [5.41, 5.74) is 0.620. The normalized spacial score (nSPS) is 21.2. The number of anilines is 2. The molecule has 1 amide bonds. The number of thioether (sulfide) groups is 1. The van der Waals surface area contributed by atoms with E-state index in [2.05, 4.69) is 27.8 Å². The third-order valence-corrected chi connectivity index (χ3v) is 6.59. The Morgan fingerprint density at radius 2 is 2.15 bits per heavy atom. The van der Waals surface area contributed by atoms with Gasteiger partial charge in [0, 0.05) is 11.7 Å². The second-order valence-corrected chi connectivity index (χ2v) is 9.21. The minimum Gasteiger partial charge on any atom is -0.352 e. The van der Waals surface area contributed by atoms with Crippen molar-refractivity contribution >= 4 is 39.8 Å². The summed E-state index contributed by atoms with van der Waals surface area (Å²) in [7, 11) is 0. The number of nitrogens with one attached hydrogen (secondary N) is 2. The molecule has 2 aromatic rings. The van der Waals surface area contributed by atoms with Crippen molar-refractivity contribution in [2.24, 2.45) is 5.92 Å². The van der Waals surface area contributed by atoms with E-state index >= 15 is 0 Å². The molecule has 0 radical (unpaired) electrons. The van der Waals surface area contributed by atoms with Crippen molar-refractivity contribution < 1.29 is 9.18 Å². The maximum atomic E-state index is 13.2. The summed E-state index contributed by atoms with van der Waals surface area (Å²) in [6, 6.07) is 6.46. The highest BCUT2D eigenvalue weighted by Crippen LogP contribution is 2.31. The molecule has 1 saturated carbocycles. The number of hydrogen-bond donors (Lipinski definition) is 2. The summed E-state index contributed by atoms with van der Waals surface area (Å²) >= 11 is 2.75. The molecule has 3 rings (SSSR count). The summed E-state index contributed by atoms with van der Waals surface area (Å²) in [6.45, 7) is 4.09. The van der Waals surface area contributed by atoms with Crippen molar-refractivity contribution in [3.8, 4) is 0 Å². The number of aromatic nitrogens is 2. The standard InChI is InChI=1S/C18H23FN4OS2/c1-11-6-3-4-9-15(11)21-16(24)12(2)25-18-23-22-17(26-18)20-14-8-5-7-13(19)10-14/h5,7-8,10-12,15H,3-4,6,9H2,1-2H3,(H,20,22)(H,21,24)/t11-,12+,15-/m0/s1. The first-order valence-corrected chi connectivity index (χ1v) is 10.5. The third-order valence-electron chi connectivity index (χ3n) is 4.57. The lowest BCUT2D eigenvalue weighted by atomic mass is 9.86. The number of amides is 1. The summed E-state index contributed by atoms with van der Waals surface area (Å²) in [5, 5.41) is 14.7. The van der Waals surface area contributed by atoms with E-state index in [1.807, 2.05) is 6.92 Å². The number of rotatable bonds is 6. The fraction of sp³-hybridized carbons (Fsp3) is 0.500. The quantitative estimate of drug-likeness (QED) is 0.701. The van der Waals surface area contributed by atoms with Crippen LogP contribution < -0.4 is 10.6 Å². The van der Waals surface area contributed by atoms with Crippen LogP contribution in [0, 0.1) is 11.7 Å². The van der Waals surface area contributed by atoms with Crippen LogP contribution >= 0.6 is 23.1 Å². The fourth-order valence-electron chi connectivity index (χ4n) is 3.03. The number of hydrogen-bond acceptors (Lipinski definition) is 6. The predicted octanol–water partition coefficient (Wildman–Crippen LogP) is 4.60. The topological polar surface area (TPSA) is 66.9 Å². The molecule has 1 aromatic heterocycles. The number of halogens is 1. The second kappa shape index (κ2) is 8.81. The minimum absolute atomic E-state index is 0.0450. The second-order valence-electron chi connectivity index (χ2n) is 6.65. The molecule has 0 unspecified atom stereocenters. The van der Waals surface area contributed by atoms with Gasteiger partial charge in [0.15, 0.2) is 4.34 Å². The van der Waals surface area contributed by atoms with E-state index in [0.717, 1.165) is 6.42 Å². The van der Waals surface area contributed by atoms with Gasteiger partial charge in [-0.25, -0.2) is 4.39 Å². The Morgan fingerprint density at radius 1 is 1.35 bits per heavy atom. The molecule has 8 heteroatoms. The van der Waals surface area contributed by atoms with Gasteiger partial charge in [-0.2, -0.15) is 0 Å². The zero-order chi connectivity index (χ0) is 18.5. The lowest BCUT2D eigenvalue weighted by molar-refractivity contribution is -0.121. The first kappa shape index (κ1) is 19.1. The SMILES string of the molecule is C[C@@H](Sc1nnc(Nc2cccc(F)c2)s1)C(=O)N[C@H]1CCCC[C@@H]1C. The highest BCUT2D eigenvalue weighted by molar-refractivity contribution is 8.02. The van der Waals surface area contributed by atoms with E-state index in [1.165, 1.54) is 54.5 Å². The zero-order valence-corrected chi connectivity index (χ0v) is 16.5. The lowest BCUT2D eigenvalue weighted by Crippen LogP contribution is -2.44. The molecule has 2 N–H and O–H groups in total. The number of nitrogens with zero attached hydrogens (tertiary/aromatic N) is 2. The maximum Gasteiger partial charge on any atom is 0.233 e. The Kier molecular flexibility index (Phi) is 6.48. The van der Waals surface area contributed by atoms with E-state index in [9.17, 15) is 9.18 Å². The fourth-order valence-corrected chi connectivity index (χ4v) is 4.96. The predicted molar refractivity (Wildman–Crippen MR) is 104 cm³/mol. The van der Waals surface area contributed by atoms with E-state index in [0.29, 0.717) is 21.1 Å². The molecule has 1 heterocycles. The van der Waals surface area contributed by atoms with Crippen molar-refractivity contribution in [3.63, 3.8) is 0 Å². The number of benzene rings is 1. The van der Waals surface area contributed by atoms with Crippen LogP contribution in [0.4, 0.5) is 15.2 Å². The highest BCUT2D eigenvalue weighted by atomic mass is 32.2. The maximum absolute atomic E-state index is 13.2. The number of carbonyl (C=O) groups excluding carboxylic acids is 1. The molecule has 0 bridgehead atoms. The van der Waals surface area contributed by atoms with Crippen LogP contribution in [0.25, 0.3) is 0 Å². The Balaban J connectivity index is 1.53. The first-order chi connectivity index (χ1) is 12.5. The zero-order valence-electron chi connectivity index (χ0n) is 14.9. The summed E-state index contributed by atoms with van der Waals surface area (Å²) in [6.07, 6.45) is 4.68. The van der Waals surface area contributed by atoms with Gasteiger partial charge in [0.1, 0.15) is 5.82 Å². The molecule has 0 spiro atoms. The molecule has 1 aliphatic rings. The van der Waals surface area contributed by atoms with Crippen LogP contribution in [0.2, 0.25) is 0 Å². The average Bonchev–Trinajstić information content (AvgIpc) is 3.03. The average molecular weight is 395 g/mol. The van der Waals surface area contributed by atoms with Crippen LogP contribution in [-0.2, 0) is 4.79 Å². The molecule has 0 saturated heterocycles. The van der Waals surface area contributed by atoms with Crippen molar-refractivity contribution in [2.75, 3.05) is 5.32 Å². The van der Waals surface area contributed by atoms with E-state index < -0.39 is 0 Å². The highest BCUT2D eigenvalue weighted by Gasteiger charge is 2.25. The summed E-state index contributed by atoms with van der Waals surface area (Å²) in [5.74, 6) is 0.272. The Hall–Kier alpha value is -1.67. The van der Waals surface area contributed by atoms with Crippen LogP contribution in [0.15, 0.2) is 28.6 Å². The summed E-state index contributed by atoms with van der Waals surface area (Å²) < 4.78 is 13.9. The lowest BCUT2D eigenvalue weighted by Gasteiger charge is -2.30. The van der Waals surface area contributed by atoms with Gasteiger partial charge in [-0.3, -0.25) is 4.79 Å². The third kappa shape index (κ3) is 5.17. The van der Waals surface area contributed by atoms with Gasteiger partial charge in [0.05, 0.1) is 5.25 Å². The molecule has 26 heavy (non-hydrogen) atoms. The molecule has 5 nitrogen and oxygen atoms in total. The Labute approximate surface area is 161 Å². The van der Waals surface area contributed by atoms with Crippen LogP contribution in [0.1, 0.15) is 39.5 Å². The van der Waals surface area contributed by atoms with Gasteiger partial charge < -0.3 is 10.6 Å². The van der Waals surface area contributed by atoms with Gasteiger partial charge in [-0.15, -0.1) is 10.2 Å². The molecular formula is C18H23FN4OS2. The van der Waals surface area contributed by atoms with Crippen molar-refractivity contribution in [2.45, 2.75) is 55.2 Å². The van der Waals surface area contributed by atoms with E-state index in [1.54, 1.807) is 12.1 Å².